The molecule has 2 heterocycles. The predicted molar refractivity (Wildman–Crippen MR) is 53.2 cm³/mol. The highest BCUT2D eigenvalue weighted by Crippen LogP contribution is 2.23. The first-order valence-corrected chi connectivity index (χ1v) is 5.44. The van der Waals surface area contributed by atoms with Crippen LogP contribution in [0.25, 0.3) is 10.7 Å². The third-order valence-corrected chi connectivity index (χ3v) is 2.97. The molecule has 0 aromatic carbocycles. The van der Waals surface area contributed by atoms with Gasteiger partial charge in [-0.05, 0) is 0 Å². The van der Waals surface area contributed by atoms with Crippen LogP contribution in [0.3, 0.4) is 0 Å². The molecule has 13 heavy (non-hydrogen) atoms. The fraction of sp³-hybridized carbons (Fsp3) is 0.125. The van der Waals surface area contributed by atoms with Gasteiger partial charge < -0.3 is 0 Å². The maximum absolute atomic E-state index is 11.0. The summed E-state index contributed by atoms with van der Waals surface area (Å²) >= 11 is 2.97. The van der Waals surface area contributed by atoms with E-state index in [9.17, 15) is 4.79 Å². The molecule has 0 aliphatic rings. The van der Waals surface area contributed by atoms with E-state index in [4.69, 9.17) is 0 Å². The summed E-state index contributed by atoms with van der Waals surface area (Å²) < 4.78 is 0. The van der Waals surface area contributed by atoms with Crippen molar-refractivity contribution in [1.82, 2.24) is 9.97 Å². The molecule has 3 nitrogen and oxygen atoms in total. The quantitative estimate of drug-likeness (QED) is 0.715. The third kappa shape index (κ3) is 1.66. The number of hydrogen-bond donors (Lipinski definition) is 0. The van der Waals surface area contributed by atoms with Crippen molar-refractivity contribution in [3.05, 3.63) is 22.0 Å². The fourth-order valence-corrected chi connectivity index (χ4v) is 2.31. The van der Waals surface area contributed by atoms with Crippen molar-refractivity contribution >= 4 is 28.5 Å². The molecule has 0 amide bonds. The maximum atomic E-state index is 11.0. The van der Waals surface area contributed by atoms with Gasteiger partial charge in [-0.3, -0.25) is 4.79 Å². The van der Waals surface area contributed by atoms with Crippen LogP contribution in [-0.4, -0.2) is 15.8 Å². The van der Waals surface area contributed by atoms with Crippen LogP contribution in [-0.2, 0) is 0 Å². The monoisotopic (exact) mass is 210 g/mol. The van der Waals surface area contributed by atoms with Crippen molar-refractivity contribution in [2.24, 2.45) is 0 Å². The Bertz CT molecular complexity index is 419. The molecule has 0 aliphatic carbocycles. The first-order chi connectivity index (χ1) is 6.27. The zero-order valence-electron chi connectivity index (χ0n) is 6.85. The lowest BCUT2D eigenvalue weighted by Gasteiger charge is -1.85. The van der Waals surface area contributed by atoms with Crippen molar-refractivity contribution in [2.75, 3.05) is 0 Å². The SMILES string of the molecule is CC(=O)c1csc(-c2cscn2)n1. The summed E-state index contributed by atoms with van der Waals surface area (Å²) in [5, 5.41) is 4.49. The minimum absolute atomic E-state index is 0.00210. The summed E-state index contributed by atoms with van der Waals surface area (Å²) in [6, 6.07) is 0. The predicted octanol–water partition coefficient (Wildman–Crippen LogP) is 2.47. The zero-order valence-corrected chi connectivity index (χ0v) is 8.48. The van der Waals surface area contributed by atoms with E-state index < -0.39 is 0 Å². The lowest BCUT2D eigenvalue weighted by molar-refractivity contribution is 0.101. The molecule has 2 rings (SSSR count). The molecule has 0 aliphatic heterocycles. The Morgan fingerprint density at radius 2 is 2.31 bits per heavy atom. The van der Waals surface area contributed by atoms with Gasteiger partial charge in [-0.25, -0.2) is 9.97 Å². The van der Waals surface area contributed by atoms with Crippen LogP contribution in [0.1, 0.15) is 17.4 Å². The van der Waals surface area contributed by atoms with Crippen LogP contribution in [0, 0.1) is 0 Å². The van der Waals surface area contributed by atoms with Gasteiger partial charge in [0.1, 0.15) is 16.4 Å². The molecule has 0 fully saturated rings. The van der Waals surface area contributed by atoms with Crippen LogP contribution < -0.4 is 0 Å². The van der Waals surface area contributed by atoms with E-state index in [1.54, 1.807) is 10.9 Å². The lowest BCUT2D eigenvalue weighted by atomic mass is 10.3. The molecule has 0 saturated heterocycles. The molecule has 0 radical (unpaired) electrons. The minimum Gasteiger partial charge on any atom is -0.293 e. The van der Waals surface area contributed by atoms with Crippen LogP contribution in [0.4, 0.5) is 0 Å². The van der Waals surface area contributed by atoms with Gasteiger partial charge in [0.25, 0.3) is 0 Å². The average molecular weight is 210 g/mol. The van der Waals surface area contributed by atoms with Crippen molar-refractivity contribution in [2.45, 2.75) is 6.92 Å². The molecule has 0 unspecified atom stereocenters. The maximum Gasteiger partial charge on any atom is 0.178 e. The van der Waals surface area contributed by atoms with Crippen LogP contribution in [0.2, 0.25) is 0 Å². The van der Waals surface area contributed by atoms with Gasteiger partial charge in [-0.15, -0.1) is 22.7 Å². The van der Waals surface area contributed by atoms with Gasteiger partial charge in [-0.2, -0.15) is 0 Å². The smallest absolute Gasteiger partial charge is 0.178 e. The average Bonchev–Trinajstić information content (AvgIpc) is 2.75. The summed E-state index contributed by atoms with van der Waals surface area (Å²) in [6.45, 7) is 1.51. The Balaban J connectivity index is 2.39. The number of nitrogens with zero attached hydrogens (tertiary/aromatic N) is 2. The standard InChI is InChI=1S/C8H6N2OS2/c1-5(11)6-3-13-8(10-6)7-2-12-4-9-7/h2-4H,1H3. The molecule has 5 heteroatoms. The van der Waals surface area contributed by atoms with Gasteiger partial charge in [0, 0.05) is 17.7 Å². The first kappa shape index (κ1) is 8.52. The molecule has 0 spiro atoms. The molecular weight excluding hydrogens is 204 g/mol. The normalized spacial score (nSPS) is 10.2. The second-order valence-corrected chi connectivity index (χ2v) is 4.04. The molecule has 0 bridgehead atoms. The fourth-order valence-electron chi connectivity index (χ4n) is 0.871. The molecule has 2 aromatic rings. The van der Waals surface area contributed by atoms with E-state index in [0.717, 1.165) is 10.7 Å². The van der Waals surface area contributed by atoms with Crippen molar-refractivity contribution in [3.63, 3.8) is 0 Å². The van der Waals surface area contributed by atoms with Gasteiger partial charge in [0.05, 0.1) is 5.51 Å². The van der Waals surface area contributed by atoms with E-state index in [0.29, 0.717) is 5.69 Å². The van der Waals surface area contributed by atoms with E-state index in [2.05, 4.69) is 9.97 Å². The summed E-state index contributed by atoms with van der Waals surface area (Å²) in [5.74, 6) is -0.00210. The van der Waals surface area contributed by atoms with Gasteiger partial charge in [0.15, 0.2) is 5.78 Å². The molecule has 0 N–H and O–H groups in total. The van der Waals surface area contributed by atoms with E-state index in [1.165, 1.54) is 29.6 Å². The molecule has 66 valence electrons. The largest absolute Gasteiger partial charge is 0.293 e. The Labute approximate surface area is 83.1 Å². The lowest BCUT2D eigenvalue weighted by Crippen LogP contribution is -1.91. The first-order valence-electron chi connectivity index (χ1n) is 3.62. The minimum atomic E-state index is -0.00210. The Morgan fingerprint density at radius 3 is 2.85 bits per heavy atom. The molecule has 2 aromatic heterocycles. The third-order valence-electron chi connectivity index (χ3n) is 1.52. The van der Waals surface area contributed by atoms with Gasteiger partial charge in [-0.1, -0.05) is 0 Å². The summed E-state index contributed by atoms with van der Waals surface area (Å²) in [7, 11) is 0. The highest BCUT2D eigenvalue weighted by atomic mass is 32.1. The van der Waals surface area contributed by atoms with Crippen molar-refractivity contribution in [3.8, 4) is 10.7 Å². The topological polar surface area (TPSA) is 42.9 Å². The van der Waals surface area contributed by atoms with Crippen LogP contribution in [0.15, 0.2) is 16.3 Å². The van der Waals surface area contributed by atoms with Crippen LogP contribution in [0.5, 0.6) is 0 Å². The number of thiazole rings is 2. The Hall–Kier alpha value is -1.07. The highest BCUT2D eigenvalue weighted by molar-refractivity contribution is 7.14. The zero-order chi connectivity index (χ0) is 9.26. The second-order valence-electron chi connectivity index (χ2n) is 2.47. The van der Waals surface area contributed by atoms with Crippen molar-refractivity contribution in [1.29, 1.82) is 0 Å². The summed E-state index contributed by atoms with van der Waals surface area (Å²) in [4.78, 5) is 19.2. The number of ketones is 1. The van der Waals surface area contributed by atoms with E-state index in [-0.39, 0.29) is 5.78 Å². The van der Waals surface area contributed by atoms with E-state index in [1.807, 2.05) is 5.38 Å². The van der Waals surface area contributed by atoms with Crippen molar-refractivity contribution < 1.29 is 4.79 Å². The molecular formula is C8H6N2OS2. The van der Waals surface area contributed by atoms with Gasteiger partial charge >= 0.3 is 0 Å². The Kier molecular flexibility index (Phi) is 2.20. The summed E-state index contributed by atoms with van der Waals surface area (Å²) in [6.07, 6.45) is 0. The number of rotatable bonds is 2. The number of hydrogen-bond acceptors (Lipinski definition) is 5. The number of aromatic nitrogens is 2. The van der Waals surface area contributed by atoms with E-state index >= 15 is 0 Å². The summed E-state index contributed by atoms with van der Waals surface area (Å²) in [5.41, 5.74) is 3.12. The Morgan fingerprint density at radius 1 is 1.46 bits per heavy atom. The molecule has 0 atom stereocenters. The second kappa shape index (κ2) is 3.35. The van der Waals surface area contributed by atoms with Gasteiger partial charge in [0.2, 0.25) is 0 Å². The number of carbonyl (C=O) groups excluding carboxylic acids is 1. The molecule has 0 saturated carbocycles. The number of carbonyl (C=O) groups is 1. The number of Topliss-reactive ketones (excluding diaryl/α,β-unsaturated/α-hetero) is 1. The van der Waals surface area contributed by atoms with Crippen LogP contribution >= 0.6 is 22.7 Å². The highest BCUT2D eigenvalue weighted by Gasteiger charge is 2.08.